The second-order valence-corrected chi connectivity index (χ2v) is 6.66. The zero-order valence-corrected chi connectivity index (χ0v) is 12.2. The van der Waals surface area contributed by atoms with Gasteiger partial charge < -0.3 is 0 Å². The summed E-state index contributed by atoms with van der Waals surface area (Å²) in [6, 6.07) is 0. The Bertz CT molecular complexity index is 615. The van der Waals surface area contributed by atoms with Gasteiger partial charge >= 0.3 is 5.69 Å². The lowest BCUT2D eigenvalue weighted by Gasteiger charge is -2.16. The molecule has 2 aromatic heterocycles. The Balaban J connectivity index is 2.41. The summed E-state index contributed by atoms with van der Waals surface area (Å²) >= 11 is 1.61. The Morgan fingerprint density at radius 3 is 2.44 bits per heavy atom. The van der Waals surface area contributed by atoms with Crippen molar-refractivity contribution < 1.29 is 0 Å². The molecular formula is C12H18N4OS. The maximum absolute atomic E-state index is 12.3. The van der Waals surface area contributed by atoms with Crippen molar-refractivity contribution in [1.29, 1.82) is 0 Å². The van der Waals surface area contributed by atoms with Crippen LogP contribution in [-0.2, 0) is 12.1 Å². The molecule has 18 heavy (non-hydrogen) atoms. The van der Waals surface area contributed by atoms with Gasteiger partial charge in [-0.2, -0.15) is 5.10 Å². The predicted molar refractivity (Wildman–Crippen MR) is 72.2 cm³/mol. The van der Waals surface area contributed by atoms with Gasteiger partial charge in [0, 0.05) is 11.1 Å². The van der Waals surface area contributed by atoms with Gasteiger partial charge in [-0.1, -0.05) is 0 Å². The Kier molecular flexibility index (Phi) is 3.14. The van der Waals surface area contributed by atoms with Crippen molar-refractivity contribution in [2.45, 2.75) is 46.7 Å². The van der Waals surface area contributed by atoms with Crippen LogP contribution in [0.15, 0.2) is 11.0 Å². The van der Waals surface area contributed by atoms with Crippen LogP contribution >= 0.6 is 11.3 Å². The van der Waals surface area contributed by atoms with E-state index in [-0.39, 0.29) is 11.2 Å². The van der Waals surface area contributed by atoms with Gasteiger partial charge in [0.2, 0.25) is 0 Å². The van der Waals surface area contributed by atoms with Crippen molar-refractivity contribution in [3.63, 3.8) is 0 Å². The minimum atomic E-state index is -0.295. The fraction of sp³-hybridized carbons (Fsp3) is 0.583. The minimum Gasteiger partial charge on any atom is -0.274 e. The normalized spacial score (nSPS) is 12.1. The highest BCUT2D eigenvalue weighted by Gasteiger charge is 2.21. The third-order valence-electron chi connectivity index (χ3n) is 2.67. The minimum absolute atomic E-state index is 0.0638. The average molecular weight is 266 g/mol. The number of rotatable bonds is 2. The largest absolute Gasteiger partial charge is 0.346 e. The number of hydrogen-bond donors (Lipinski definition) is 0. The summed E-state index contributed by atoms with van der Waals surface area (Å²) in [6.07, 6.45) is 1.82. The molecule has 0 unspecified atom stereocenters. The van der Waals surface area contributed by atoms with E-state index in [1.807, 2.05) is 40.8 Å². The fourth-order valence-electron chi connectivity index (χ4n) is 1.75. The molecule has 0 amide bonds. The standard InChI is InChI=1S/C12H18N4OS/c1-8-14-16(12(3,4)5)11(17)15(8)7-10-6-13-9(2)18-10/h6H,7H2,1-5H3. The van der Waals surface area contributed by atoms with Gasteiger partial charge in [-0.25, -0.2) is 14.5 Å². The van der Waals surface area contributed by atoms with Crippen molar-refractivity contribution >= 4 is 11.3 Å². The van der Waals surface area contributed by atoms with E-state index in [2.05, 4.69) is 10.1 Å². The van der Waals surface area contributed by atoms with Crippen LogP contribution in [0.3, 0.4) is 0 Å². The molecule has 0 bridgehead atoms. The molecule has 0 radical (unpaired) electrons. The first kappa shape index (κ1) is 13.0. The molecule has 0 aliphatic rings. The SMILES string of the molecule is Cc1ncc(Cn2c(C)nn(C(C)(C)C)c2=O)s1. The lowest BCUT2D eigenvalue weighted by atomic mass is 10.1. The van der Waals surface area contributed by atoms with Crippen molar-refractivity contribution in [1.82, 2.24) is 19.3 Å². The van der Waals surface area contributed by atoms with E-state index in [0.29, 0.717) is 6.54 Å². The molecule has 6 heteroatoms. The molecular weight excluding hydrogens is 248 g/mol. The first-order chi connectivity index (χ1) is 8.29. The Morgan fingerprint density at radius 2 is 2.00 bits per heavy atom. The van der Waals surface area contributed by atoms with E-state index < -0.39 is 0 Å². The topological polar surface area (TPSA) is 52.7 Å². The quantitative estimate of drug-likeness (QED) is 0.834. The second kappa shape index (κ2) is 4.35. The predicted octanol–water partition coefficient (Wildman–Crippen LogP) is 1.92. The van der Waals surface area contributed by atoms with Gasteiger partial charge in [-0.05, 0) is 34.6 Å². The summed E-state index contributed by atoms with van der Waals surface area (Å²) in [5, 5.41) is 5.35. The van der Waals surface area contributed by atoms with E-state index in [9.17, 15) is 4.79 Å². The average Bonchev–Trinajstić information content (AvgIpc) is 2.76. The van der Waals surface area contributed by atoms with E-state index in [1.54, 1.807) is 15.9 Å². The van der Waals surface area contributed by atoms with Crippen LogP contribution in [-0.4, -0.2) is 19.3 Å². The van der Waals surface area contributed by atoms with E-state index in [1.165, 1.54) is 4.68 Å². The summed E-state index contributed by atoms with van der Waals surface area (Å²) in [7, 11) is 0. The number of hydrogen-bond acceptors (Lipinski definition) is 4. The highest BCUT2D eigenvalue weighted by molar-refractivity contribution is 7.11. The fourth-order valence-corrected chi connectivity index (χ4v) is 2.53. The van der Waals surface area contributed by atoms with Crippen molar-refractivity contribution in [3.05, 3.63) is 32.4 Å². The highest BCUT2D eigenvalue weighted by atomic mass is 32.1. The number of aryl methyl sites for hydroxylation is 2. The molecule has 98 valence electrons. The summed E-state index contributed by atoms with van der Waals surface area (Å²) in [5.74, 6) is 0.737. The van der Waals surface area contributed by atoms with Gasteiger partial charge in [0.15, 0.2) is 0 Å². The number of thiazole rings is 1. The molecule has 0 aliphatic heterocycles. The second-order valence-electron chi connectivity index (χ2n) is 5.34. The third kappa shape index (κ3) is 2.38. The molecule has 0 saturated carbocycles. The molecule has 0 aliphatic carbocycles. The van der Waals surface area contributed by atoms with Gasteiger partial charge in [-0.15, -0.1) is 11.3 Å². The Labute approximate surface area is 110 Å². The molecule has 2 heterocycles. The summed E-state index contributed by atoms with van der Waals surface area (Å²) < 4.78 is 3.23. The number of aromatic nitrogens is 4. The van der Waals surface area contributed by atoms with E-state index in [4.69, 9.17) is 0 Å². The third-order valence-corrected chi connectivity index (χ3v) is 3.56. The molecule has 2 aromatic rings. The van der Waals surface area contributed by atoms with Crippen LogP contribution in [0, 0.1) is 13.8 Å². The highest BCUT2D eigenvalue weighted by Crippen LogP contribution is 2.14. The van der Waals surface area contributed by atoms with Crippen LogP contribution in [0.5, 0.6) is 0 Å². The van der Waals surface area contributed by atoms with Crippen molar-refractivity contribution in [2.75, 3.05) is 0 Å². The van der Waals surface area contributed by atoms with Crippen LogP contribution < -0.4 is 5.69 Å². The lowest BCUT2D eigenvalue weighted by molar-refractivity contribution is 0.340. The molecule has 0 spiro atoms. The van der Waals surface area contributed by atoms with Gasteiger partial charge in [0.05, 0.1) is 17.1 Å². The van der Waals surface area contributed by atoms with Gasteiger partial charge in [-0.3, -0.25) is 4.57 Å². The first-order valence-corrected chi connectivity index (χ1v) is 6.69. The smallest absolute Gasteiger partial charge is 0.274 e. The molecule has 0 N–H and O–H groups in total. The summed E-state index contributed by atoms with van der Waals surface area (Å²) in [5.41, 5.74) is -0.359. The maximum atomic E-state index is 12.3. The van der Waals surface area contributed by atoms with Gasteiger partial charge in [0.25, 0.3) is 0 Å². The van der Waals surface area contributed by atoms with Crippen molar-refractivity contribution in [3.8, 4) is 0 Å². The Morgan fingerprint density at radius 1 is 1.33 bits per heavy atom. The first-order valence-electron chi connectivity index (χ1n) is 5.87. The molecule has 0 aromatic carbocycles. The zero-order valence-electron chi connectivity index (χ0n) is 11.4. The number of nitrogens with zero attached hydrogens (tertiary/aromatic N) is 4. The Hall–Kier alpha value is -1.43. The molecule has 0 fully saturated rings. The molecule has 2 rings (SSSR count). The van der Waals surface area contributed by atoms with Crippen LogP contribution in [0.2, 0.25) is 0 Å². The zero-order chi connectivity index (χ0) is 13.5. The molecule has 0 saturated heterocycles. The summed E-state index contributed by atoms with van der Waals surface area (Å²) in [4.78, 5) is 17.6. The lowest BCUT2D eigenvalue weighted by Crippen LogP contribution is -2.35. The van der Waals surface area contributed by atoms with Crippen LogP contribution in [0.1, 0.15) is 36.5 Å². The summed E-state index contributed by atoms with van der Waals surface area (Å²) in [6.45, 7) is 10.3. The molecule has 5 nitrogen and oxygen atoms in total. The van der Waals surface area contributed by atoms with Crippen LogP contribution in [0.4, 0.5) is 0 Å². The van der Waals surface area contributed by atoms with Crippen LogP contribution in [0.25, 0.3) is 0 Å². The van der Waals surface area contributed by atoms with E-state index >= 15 is 0 Å². The van der Waals surface area contributed by atoms with Gasteiger partial charge in [0.1, 0.15) is 5.82 Å². The monoisotopic (exact) mass is 266 g/mol. The van der Waals surface area contributed by atoms with E-state index in [0.717, 1.165) is 15.7 Å². The molecule has 0 atom stereocenters. The maximum Gasteiger partial charge on any atom is 0.346 e. The van der Waals surface area contributed by atoms with Crippen molar-refractivity contribution in [2.24, 2.45) is 0 Å².